The number of likely N-dealkylation sites (N-methyl/N-ethyl adjacent to an activating group) is 1. The Balaban J connectivity index is 1.84. The average molecular weight is 321 g/mol. The molecule has 6 heteroatoms. The van der Waals surface area contributed by atoms with Gasteiger partial charge in [-0.3, -0.25) is 4.79 Å². The Morgan fingerprint density at radius 1 is 1.26 bits per heavy atom. The number of guanidine groups is 1. The molecule has 0 bridgehead atoms. The molecule has 0 spiro atoms. The van der Waals surface area contributed by atoms with Crippen molar-refractivity contribution >= 4 is 11.9 Å². The molecule has 2 fully saturated rings. The zero-order valence-electron chi connectivity index (χ0n) is 14.8. The Morgan fingerprint density at radius 3 is 2.43 bits per heavy atom. The van der Waals surface area contributed by atoms with Crippen LogP contribution < -0.4 is 10.6 Å². The zero-order valence-corrected chi connectivity index (χ0v) is 14.8. The van der Waals surface area contributed by atoms with Gasteiger partial charge in [0.15, 0.2) is 5.96 Å². The van der Waals surface area contributed by atoms with E-state index < -0.39 is 0 Å². The second-order valence-corrected chi connectivity index (χ2v) is 6.95. The van der Waals surface area contributed by atoms with E-state index in [1.807, 2.05) is 6.92 Å². The summed E-state index contributed by atoms with van der Waals surface area (Å²) in [6.07, 6.45) is 5.01. The lowest BCUT2D eigenvalue weighted by Crippen LogP contribution is -2.49. The third-order valence-electron chi connectivity index (χ3n) is 4.36. The first kappa shape index (κ1) is 17.8. The summed E-state index contributed by atoms with van der Waals surface area (Å²) in [5.74, 6) is 0.720. The van der Waals surface area contributed by atoms with Crippen molar-refractivity contribution in [2.24, 2.45) is 4.99 Å². The Labute approximate surface area is 140 Å². The van der Waals surface area contributed by atoms with Crippen LogP contribution in [0.15, 0.2) is 17.1 Å². The Bertz CT molecular complexity index is 448. The van der Waals surface area contributed by atoms with Crippen molar-refractivity contribution in [1.29, 1.82) is 0 Å². The lowest BCUT2D eigenvalue weighted by atomic mass is 10.1. The third kappa shape index (κ3) is 6.22. The maximum Gasteiger partial charge on any atom is 0.243 e. The number of hydrogen-bond donors (Lipinski definition) is 2. The van der Waals surface area contributed by atoms with Crippen LogP contribution in [0.5, 0.6) is 0 Å². The van der Waals surface area contributed by atoms with Crippen molar-refractivity contribution in [3.8, 4) is 0 Å². The fraction of sp³-hybridized carbons (Fsp3) is 0.765. The minimum absolute atomic E-state index is 0.00461. The molecule has 1 aliphatic heterocycles. The van der Waals surface area contributed by atoms with Gasteiger partial charge in [0.25, 0.3) is 0 Å². The number of carbonyl (C=O) groups is 1. The second-order valence-electron chi connectivity index (χ2n) is 6.95. The van der Waals surface area contributed by atoms with Gasteiger partial charge in [0.05, 0.1) is 0 Å². The highest BCUT2D eigenvalue weighted by Gasteiger charge is 2.31. The Hall–Kier alpha value is -1.56. The molecule has 130 valence electrons. The Morgan fingerprint density at radius 2 is 1.91 bits per heavy atom. The summed E-state index contributed by atoms with van der Waals surface area (Å²) in [5, 5.41) is 6.75. The molecule has 1 heterocycles. The number of nitrogens with one attached hydrogen (secondary N) is 2. The van der Waals surface area contributed by atoms with Crippen molar-refractivity contribution in [3.63, 3.8) is 0 Å². The summed E-state index contributed by atoms with van der Waals surface area (Å²) in [6.45, 7) is 9.04. The first-order valence-corrected chi connectivity index (χ1v) is 8.59. The lowest BCUT2D eigenvalue weighted by Gasteiger charge is -2.33. The first-order chi connectivity index (χ1) is 11.0. The highest BCUT2D eigenvalue weighted by Crippen LogP contribution is 2.29. The predicted molar refractivity (Wildman–Crippen MR) is 94.6 cm³/mol. The molecule has 0 aromatic carbocycles. The number of piperidine rings is 1. The van der Waals surface area contributed by atoms with Crippen molar-refractivity contribution in [3.05, 3.63) is 12.2 Å². The molecule has 23 heavy (non-hydrogen) atoms. The molecular weight excluding hydrogens is 290 g/mol. The van der Waals surface area contributed by atoms with E-state index in [1.54, 1.807) is 19.0 Å². The average Bonchev–Trinajstić information content (AvgIpc) is 3.34. The van der Waals surface area contributed by atoms with Crippen LogP contribution in [-0.4, -0.2) is 74.0 Å². The molecule has 0 atom stereocenters. The van der Waals surface area contributed by atoms with Crippen LogP contribution in [0.3, 0.4) is 0 Å². The number of nitrogens with zero attached hydrogens (tertiary/aromatic N) is 3. The summed E-state index contributed by atoms with van der Waals surface area (Å²) in [4.78, 5) is 20.3. The van der Waals surface area contributed by atoms with E-state index in [4.69, 9.17) is 0 Å². The molecule has 0 unspecified atom stereocenters. The summed E-state index contributed by atoms with van der Waals surface area (Å²) in [7, 11) is 3.50. The predicted octanol–water partition coefficient (Wildman–Crippen LogP) is 0.813. The summed E-state index contributed by atoms with van der Waals surface area (Å²) >= 11 is 0. The van der Waals surface area contributed by atoms with Crippen LogP contribution in [0.2, 0.25) is 0 Å². The van der Waals surface area contributed by atoms with Crippen LogP contribution >= 0.6 is 0 Å². The van der Waals surface area contributed by atoms with Gasteiger partial charge in [-0.15, -0.1) is 0 Å². The lowest BCUT2D eigenvalue weighted by molar-refractivity contribution is -0.127. The first-order valence-electron chi connectivity index (χ1n) is 8.59. The highest BCUT2D eigenvalue weighted by atomic mass is 16.2. The quantitative estimate of drug-likeness (QED) is 0.432. The molecule has 1 amide bonds. The van der Waals surface area contributed by atoms with E-state index in [-0.39, 0.29) is 12.5 Å². The van der Waals surface area contributed by atoms with Crippen molar-refractivity contribution in [1.82, 2.24) is 20.4 Å². The van der Waals surface area contributed by atoms with Crippen LogP contribution in [0.1, 0.15) is 32.6 Å². The van der Waals surface area contributed by atoms with Crippen LogP contribution in [0, 0.1) is 0 Å². The minimum Gasteiger partial charge on any atom is -0.354 e. The summed E-state index contributed by atoms with van der Waals surface area (Å²) < 4.78 is 0. The van der Waals surface area contributed by atoms with Crippen LogP contribution in [0.25, 0.3) is 0 Å². The van der Waals surface area contributed by atoms with Gasteiger partial charge in [-0.05, 0) is 32.6 Å². The smallest absolute Gasteiger partial charge is 0.243 e. The van der Waals surface area contributed by atoms with Gasteiger partial charge in [-0.2, -0.15) is 0 Å². The monoisotopic (exact) mass is 321 g/mol. The van der Waals surface area contributed by atoms with Gasteiger partial charge in [-0.1, -0.05) is 12.2 Å². The Kier molecular flexibility index (Phi) is 6.45. The summed E-state index contributed by atoms with van der Waals surface area (Å²) in [6, 6.07) is 1.28. The van der Waals surface area contributed by atoms with E-state index in [1.165, 1.54) is 12.8 Å². The fourth-order valence-corrected chi connectivity index (χ4v) is 2.72. The van der Waals surface area contributed by atoms with Gasteiger partial charge in [-0.25, -0.2) is 4.99 Å². The minimum atomic E-state index is 0.00461. The standard InChI is InChI=1S/C17H31N5O/c1-13(2)11-18-17(19-12-16(23)21(3)4)20-14-7-9-22(10-8-14)15-5-6-15/h14-15H,1,5-12H2,2-4H3,(H2,18,19,20). The maximum absolute atomic E-state index is 11.7. The molecule has 6 nitrogen and oxygen atoms in total. The van der Waals surface area contributed by atoms with E-state index >= 15 is 0 Å². The van der Waals surface area contributed by atoms with Gasteiger partial charge in [0.2, 0.25) is 5.91 Å². The topological polar surface area (TPSA) is 60.0 Å². The second kappa shape index (κ2) is 8.34. The van der Waals surface area contributed by atoms with Crippen molar-refractivity contribution in [2.45, 2.75) is 44.7 Å². The van der Waals surface area contributed by atoms with E-state index in [0.29, 0.717) is 18.5 Å². The molecule has 2 N–H and O–H groups in total. The third-order valence-corrected chi connectivity index (χ3v) is 4.36. The molecule has 0 aromatic heterocycles. The number of carbonyl (C=O) groups excluding carboxylic acids is 1. The van der Waals surface area contributed by atoms with Gasteiger partial charge in [0.1, 0.15) is 6.54 Å². The number of likely N-dealkylation sites (tertiary alicyclic amines) is 1. The number of aliphatic imine (C=N–C) groups is 1. The number of rotatable bonds is 6. The van der Waals surface area contributed by atoms with E-state index in [2.05, 4.69) is 27.1 Å². The van der Waals surface area contributed by atoms with Gasteiger partial charge < -0.3 is 20.4 Å². The highest BCUT2D eigenvalue weighted by molar-refractivity contribution is 5.85. The van der Waals surface area contributed by atoms with Crippen molar-refractivity contribution in [2.75, 3.05) is 40.3 Å². The number of hydrogen-bond acceptors (Lipinski definition) is 3. The molecule has 2 aliphatic rings. The van der Waals surface area contributed by atoms with Gasteiger partial charge in [0, 0.05) is 45.8 Å². The van der Waals surface area contributed by atoms with Crippen molar-refractivity contribution < 1.29 is 4.79 Å². The molecule has 0 aromatic rings. The van der Waals surface area contributed by atoms with Gasteiger partial charge >= 0.3 is 0 Å². The van der Waals surface area contributed by atoms with E-state index in [0.717, 1.165) is 37.5 Å². The molecular formula is C17H31N5O. The normalized spacial score (nSPS) is 20.2. The molecule has 0 radical (unpaired) electrons. The molecule has 1 aliphatic carbocycles. The fourth-order valence-electron chi connectivity index (χ4n) is 2.72. The summed E-state index contributed by atoms with van der Waals surface area (Å²) in [5.41, 5.74) is 1.04. The molecule has 1 saturated carbocycles. The van der Waals surface area contributed by atoms with E-state index in [9.17, 15) is 4.79 Å². The largest absolute Gasteiger partial charge is 0.354 e. The maximum atomic E-state index is 11.7. The number of amides is 1. The SMILES string of the molecule is C=C(C)CNC(=NCC(=O)N(C)C)NC1CCN(C2CC2)CC1. The molecule has 2 rings (SSSR count). The van der Waals surface area contributed by atoms with Crippen LogP contribution in [-0.2, 0) is 4.79 Å². The van der Waals surface area contributed by atoms with Crippen LogP contribution in [0.4, 0.5) is 0 Å². The zero-order chi connectivity index (χ0) is 16.8. The molecule has 1 saturated heterocycles.